The summed E-state index contributed by atoms with van der Waals surface area (Å²) in [5, 5.41) is 2.63. The number of hydrogen-bond acceptors (Lipinski definition) is 8. The molecule has 0 spiro atoms. The molecule has 2 atom stereocenters. The normalized spacial score (nSPS) is 22.1. The van der Waals surface area contributed by atoms with Crippen LogP contribution in [-0.2, 0) is 18.8 Å². The first kappa shape index (κ1) is 27.2. The van der Waals surface area contributed by atoms with E-state index >= 15 is 0 Å². The van der Waals surface area contributed by atoms with Gasteiger partial charge >= 0.3 is 13.2 Å². The molecule has 3 heterocycles. The fourth-order valence-corrected chi connectivity index (χ4v) is 4.10. The molecular weight excluding hydrogens is 449 g/mol. The minimum atomic E-state index is -0.646. The molecule has 1 N–H and O–H groups in total. The van der Waals surface area contributed by atoms with Crippen molar-refractivity contribution in [2.45, 2.75) is 84.7 Å². The Kier molecular flexibility index (Phi) is 7.71. The van der Waals surface area contributed by atoms with E-state index < -0.39 is 36.1 Å². The molecule has 2 aliphatic rings. The van der Waals surface area contributed by atoms with E-state index in [0.717, 1.165) is 11.9 Å². The van der Waals surface area contributed by atoms with Gasteiger partial charge in [-0.1, -0.05) is 0 Å². The molecule has 10 nitrogen and oxygen atoms in total. The SMILES string of the molecule is CC(NC(=O)OC(C)(C)C)C(=O)N1CCC(CN(C)c2ncc(B3OC(C)(C)C(C)(C)O3)cn2)C1. The second-order valence-corrected chi connectivity index (χ2v) is 11.6. The third-order valence-corrected chi connectivity index (χ3v) is 6.76. The third kappa shape index (κ3) is 6.64. The maximum atomic E-state index is 12.8. The van der Waals surface area contributed by atoms with Crippen LogP contribution in [0.15, 0.2) is 12.4 Å². The van der Waals surface area contributed by atoms with Crippen molar-refractivity contribution >= 4 is 30.5 Å². The molecule has 0 saturated carbocycles. The van der Waals surface area contributed by atoms with Crippen LogP contribution in [0.3, 0.4) is 0 Å². The van der Waals surface area contributed by atoms with Crippen LogP contribution in [0.4, 0.5) is 10.7 Å². The molecule has 1 aromatic rings. The lowest BCUT2D eigenvalue weighted by Gasteiger charge is -2.32. The van der Waals surface area contributed by atoms with Crippen molar-refractivity contribution in [3.05, 3.63) is 12.4 Å². The summed E-state index contributed by atoms with van der Waals surface area (Å²) in [4.78, 5) is 37.6. The molecule has 2 unspecified atom stereocenters. The standard InChI is InChI=1S/C24H40BN5O5/c1-16(28-21(32)33-22(2,3)4)19(31)30-11-10-17(15-30)14-29(9)20-26-12-18(13-27-20)25-34-23(5,6)24(7,8)35-25/h12-13,16-17H,10-11,14-15H2,1-9H3,(H,28,32). The lowest BCUT2D eigenvalue weighted by atomic mass is 9.81. The molecule has 0 aromatic carbocycles. The maximum Gasteiger partial charge on any atom is 0.498 e. The fraction of sp³-hybridized carbons (Fsp3) is 0.750. The number of carbonyl (C=O) groups is 2. The first-order chi connectivity index (χ1) is 16.1. The number of aromatic nitrogens is 2. The van der Waals surface area contributed by atoms with E-state index in [1.807, 2.05) is 39.6 Å². The Balaban J connectivity index is 1.50. The summed E-state index contributed by atoms with van der Waals surface area (Å²) < 4.78 is 17.4. The summed E-state index contributed by atoms with van der Waals surface area (Å²) >= 11 is 0. The number of likely N-dealkylation sites (tertiary alicyclic amines) is 1. The number of rotatable bonds is 6. The van der Waals surface area contributed by atoms with Crippen molar-refractivity contribution in [3.8, 4) is 0 Å². The van der Waals surface area contributed by atoms with Gasteiger partial charge in [0.05, 0.1) is 11.2 Å². The van der Waals surface area contributed by atoms with Crippen LogP contribution < -0.4 is 15.7 Å². The Labute approximate surface area is 209 Å². The van der Waals surface area contributed by atoms with Gasteiger partial charge in [0, 0.05) is 44.5 Å². The van der Waals surface area contributed by atoms with Crippen molar-refractivity contribution in [1.29, 1.82) is 0 Å². The van der Waals surface area contributed by atoms with E-state index in [9.17, 15) is 9.59 Å². The minimum absolute atomic E-state index is 0.107. The molecule has 0 bridgehead atoms. The van der Waals surface area contributed by atoms with Crippen molar-refractivity contribution in [2.75, 3.05) is 31.6 Å². The van der Waals surface area contributed by atoms with Gasteiger partial charge < -0.3 is 29.2 Å². The highest BCUT2D eigenvalue weighted by Gasteiger charge is 2.52. The first-order valence-corrected chi connectivity index (χ1v) is 12.2. The predicted octanol–water partition coefficient (Wildman–Crippen LogP) is 1.97. The molecule has 3 rings (SSSR count). The van der Waals surface area contributed by atoms with Crippen molar-refractivity contribution in [2.24, 2.45) is 5.92 Å². The van der Waals surface area contributed by atoms with Crippen molar-refractivity contribution < 1.29 is 23.6 Å². The van der Waals surface area contributed by atoms with Crippen molar-refractivity contribution in [1.82, 2.24) is 20.2 Å². The van der Waals surface area contributed by atoms with Gasteiger partial charge in [0.15, 0.2) is 0 Å². The predicted molar refractivity (Wildman–Crippen MR) is 135 cm³/mol. The van der Waals surface area contributed by atoms with Crippen LogP contribution in [0.25, 0.3) is 0 Å². The van der Waals surface area contributed by atoms with Gasteiger partial charge in [-0.2, -0.15) is 0 Å². The van der Waals surface area contributed by atoms with Crippen LogP contribution in [0.1, 0.15) is 61.8 Å². The monoisotopic (exact) mass is 489 g/mol. The molecule has 2 amide bonds. The highest BCUT2D eigenvalue weighted by Crippen LogP contribution is 2.36. The number of hydrogen-bond donors (Lipinski definition) is 1. The lowest BCUT2D eigenvalue weighted by molar-refractivity contribution is -0.132. The zero-order valence-electron chi connectivity index (χ0n) is 22.5. The lowest BCUT2D eigenvalue weighted by Crippen LogP contribution is -2.47. The van der Waals surface area contributed by atoms with E-state index in [0.29, 0.717) is 25.6 Å². The summed E-state index contributed by atoms with van der Waals surface area (Å²) in [5.74, 6) is 0.781. The zero-order valence-corrected chi connectivity index (χ0v) is 22.5. The van der Waals surface area contributed by atoms with Gasteiger partial charge in [-0.05, 0) is 67.7 Å². The molecule has 2 saturated heterocycles. The second-order valence-electron chi connectivity index (χ2n) is 11.6. The van der Waals surface area contributed by atoms with Gasteiger partial charge in [0.1, 0.15) is 11.6 Å². The largest absolute Gasteiger partial charge is 0.498 e. The summed E-state index contributed by atoms with van der Waals surface area (Å²) in [6, 6.07) is -0.646. The molecule has 0 radical (unpaired) electrons. The van der Waals surface area contributed by atoms with E-state index in [1.165, 1.54) is 0 Å². The number of carbonyl (C=O) groups excluding carboxylic acids is 2. The van der Waals surface area contributed by atoms with Crippen LogP contribution >= 0.6 is 0 Å². The van der Waals surface area contributed by atoms with Crippen LogP contribution in [0, 0.1) is 5.92 Å². The maximum absolute atomic E-state index is 12.8. The average molecular weight is 489 g/mol. The summed E-state index contributed by atoms with van der Waals surface area (Å²) in [7, 11) is 1.45. The zero-order chi connectivity index (χ0) is 26.2. The molecule has 2 fully saturated rings. The number of amides is 2. The summed E-state index contributed by atoms with van der Waals surface area (Å²) in [5.41, 5.74) is -0.664. The fourth-order valence-electron chi connectivity index (χ4n) is 4.10. The molecule has 35 heavy (non-hydrogen) atoms. The van der Waals surface area contributed by atoms with Gasteiger partial charge in [0.25, 0.3) is 0 Å². The molecular formula is C24H40BN5O5. The minimum Gasteiger partial charge on any atom is -0.444 e. The van der Waals surface area contributed by atoms with E-state index in [2.05, 4.69) is 15.3 Å². The van der Waals surface area contributed by atoms with E-state index in [1.54, 1.807) is 45.0 Å². The number of nitrogens with zero attached hydrogens (tertiary/aromatic N) is 4. The number of nitrogens with one attached hydrogen (secondary N) is 1. The number of alkyl carbamates (subject to hydrolysis) is 1. The molecule has 1 aromatic heterocycles. The Morgan fingerprint density at radius 3 is 2.34 bits per heavy atom. The van der Waals surface area contributed by atoms with Gasteiger partial charge in [-0.25, -0.2) is 14.8 Å². The Bertz CT molecular complexity index is 902. The average Bonchev–Trinajstić information content (AvgIpc) is 3.27. The third-order valence-electron chi connectivity index (χ3n) is 6.76. The summed E-state index contributed by atoms with van der Waals surface area (Å²) in [6.45, 7) is 17.1. The quantitative estimate of drug-likeness (QED) is 0.605. The number of anilines is 1. The Morgan fingerprint density at radius 2 is 1.80 bits per heavy atom. The van der Waals surface area contributed by atoms with Gasteiger partial charge in [-0.15, -0.1) is 0 Å². The van der Waals surface area contributed by atoms with Gasteiger partial charge in [0.2, 0.25) is 11.9 Å². The highest BCUT2D eigenvalue weighted by molar-refractivity contribution is 6.61. The second kappa shape index (κ2) is 9.93. The molecule has 194 valence electrons. The van der Waals surface area contributed by atoms with Crippen molar-refractivity contribution in [3.63, 3.8) is 0 Å². The Morgan fingerprint density at radius 1 is 1.23 bits per heavy atom. The summed E-state index contributed by atoms with van der Waals surface area (Å²) in [6.07, 6.45) is 3.78. The first-order valence-electron chi connectivity index (χ1n) is 12.2. The van der Waals surface area contributed by atoms with Crippen LogP contribution in [0.5, 0.6) is 0 Å². The molecule has 0 aliphatic carbocycles. The van der Waals surface area contributed by atoms with E-state index in [4.69, 9.17) is 14.0 Å². The smallest absolute Gasteiger partial charge is 0.444 e. The van der Waals surface area contributed by atoms with Crippen LogP contribution in [-0.4, -0.2) is 83.5 Å². The van der Waals surface area contributed by atoms with E-state index in [-0.39, 0.29) is 11.8 Å². The highest BCUT2D eigenvalue weighted by atomic mass is 16.7. The molecule has 2 aliphatic heterocycles. The Hall–Kier alpha value is -2.40. The molecule has 11 heteroatoms. The topological polar surface area (TPSA) is 106 Å². The van der Waals surface area contributed by atoms with Crippen LogP contribution in [0.2, 0.25) is 0 Å². The number of ether oxygens (including phenoxy) is 1. The van der Waals surface area contributed by atoms with Gasteiger partial charge in [-0.3, -0.25) is 4.79 Å².